The van der Waals surface area contributed by atoms with Crippen LogP contribution in [0.3, 0.4) is 0 Å². The highest BCUT2D eigenvalue weighted by atomic mass is 79.9. The quantitative estimate of drug-likeness (QED) is 0.0623. The fourth-order valence-electron chi connectivity index (χ4n) is 8.09. The van der Waals surface area contributed by atoms with Gasteiger partial charge in [0.1, 0.15) is 0 Å². The highest BCUT2D eigenvalue weighted by Gasteiger charge is 2.14. The lowest BCUT2D eigenvalue weighted by atomic mass is 10.0. The molecule has 2 aromatic heterocycles. The first-order valence-electron chi connectivity index (χ1n) is 24.2. The monoisotopic (exact) mass is 845 g/mol. The minimum Gasteiger partial charge on any atom is -0.358 e. The Balaban J connectivity index is 0.0000108. The topological polar surface area (TPSA) is 67.9 Å². The van der Waals surface area contributed by atoms with E-state index < -0.39 is 0 Å². The summed E-state index contributed by atoms with van der Waals surface area (Å²) in [5.74, 6) is 0. The van der Waals surface area contributed by atoms with Crippen LogP contribution in [0.15, 0.2) is 24.8 Å². The first-order chi connectivity index (χ1) is 27.3. The molecule has 1 aliphatic rings. The molecule has 0 aromatic carbocycles. The number of halogens is 1. The number of aromatic nitrogens is 6. The van der Waals surface area contributed by atoms with Gasteiger partial charge in [-0.25, -0.2) is 0 Å². The maximum absolute atomic E-state index is 4.46. The summed E-state index contributed by atoms with van der Waals surface area (Å²) >= 11 is 0. The lowest BCUT2D eigenvalue weighted by molar-refractivity contribution is 0.268. The van der Waals surface area contributed by atoms with Crippen molar-refractivity contribution in [2.24, 2.45) is 0 Å². The van der Waals surface area contributed by atoms with Crippen molar-refractivity contribution in [2.75, 3.05) is 19.8 Å². The molecule has 0 spiro atoms. The molecule has 0 saturated carbocycles. The number of nitrogens with zero attached hydrogens (tertiary/aromatic N) is 8. The molecular weight excluding hydrogens is 756 g/mol. The zero-order valence-corrected chi connectivity index (χ0v) is 38.6. The van der Waals surface area contributed by atoms with Crippen molar-refractivity contribution in [2.45, 2.75) is 245 Å². The molecule has 0 unspecified atom stereocenters. The molecule has 0 amide bonds. The summed E-state index contributed by atoms with van der Waals surface area (Å²) in [7, 11) is 0. The first-order valence-corrected chi connectivity index (χ1v) is 24.2. The molecule has 56 heavy (non-hydrogen) atoms. The summed E-state index contributed by atoms with van der Waals surface area (Å²) in [6.45, 7) is 9.46. The Morgan fingerprint density at radius 2 is 0.643 bits per heavy atom. The molecule has 0 fully saturated rings. The maximum atomic E-state index is 4.46. The van der Waals surface area contributed by atoms with Gasteiger partial charge in [0.15, 0.2) is 0 Å². The number of unbranched alkanes of at least 4 members (excludes halogenated alkanes) is 30. The third-order valence-corrected chi connectivity index (χ3v) is 11.8. The van der Waals surface area contributed by atoms with Crippen LogP contribution in [0.1, 0.15) is 231 Å². The second kappa shape index (κ2) is 36.2. The number of hydrogen-bond donors (Lipinski definition) is 0. The van der Waals surface area contributed by atoms with Gasteiger partial charge in [0.25, 0.3) is 0 Å². The van der Waals surface area contributed by atoms with Gasteiger partial charge in [0.05, 0.1) is 18.1 Å². The molecule has 324 valence electrons. The minimum absolute atomic E-state index is 0. The zero-order valence-electron chi connectivity index (χ0n) is 36.9. The highest BCUT2D eigenvalue weighted by Crippen LogP contribution is 2.16. The van der Waals surface area contributed by atoms with E-state index in [1.54, 1.807) is 0 Å². The zero-order chi connectivity index (χ0) is 38.7. The molecule has 0 atom stereocenters. The van der Waals surface area contributed by atoms with Crippen molar-refractivity contribution < 1.29 is 0 Å². The molecule has 3 rings (SSSR count). The van der Waals surface area contributed by atoms with Gasteiger partial charge in [0, 0.05) is 63.8 Å². The second-order valence-corrected chi connectivity index (χ2v) is 17.1. The van der Waals surface area contributed by atoms with Gasteiger partial charge in [-0.15, -0.1) is 27.2 Å². The van der Waals surface area contributed by atoms with Crippen LogP contribution >= 0.6 is 17.0 Å². The predicted octanol–water partition coefficient (Wildman–Crippen LogP) is 13.8. The van der Waals surface area contributed by atoms with Gasteiger partial charge in [0.2, 0.25) is 0 Å². The lowest BCUT2D eigenvalue weighted by Crippen LogP contribution is -2.28. The summed E-state index contributed by atoms with van der Waals surface area (Å²) in [4.78, 5) is 4.76. The molecule has 8 nitrogen and oxygen atoms in total. The van der Waals surface area contributed by atoms with Crippen LogP contribution in [0.5, 0.6) is 0 Å². The molecule has 9 heteroatoms. The van der Waals surface area contributed by atoms with E-state index in [0.717, 1.165) is 57.1 Å². The van der Waals surface area contributed by atoms with Crippen molar-refractivity contribution in [1.29, 1.82) is 0 Å². The van der Waals surface area contributed by atoms with E-state index in [1.165, 1.54) is 205 Å². The molecule has 0 bridgehead atoms. The van der Waals surface area contributed by atoms with E-state index in [0.29, 0.717) is 0 Å². The van der Waals surface area contributed by atoms with Gasteiger partial charge in [-0.2, -0.15) is 0 Å². The summed E-state index contributed by atoms with van der Waals surface area (Å²) in [5, 5.41) is 17.7. The summed E-state index contributed by atoms with van der Waals surface area (Å²) in [5.41, 5.74) is 2.20. The lowest BCUT2D eigenvalue weighted by Gasteiger charge is -2.20. The molecule has 2 aromatic rings. The van der Waals surface area contributed by atoms with Crippen LogP contribution in [-0.4, -0.2) is 59.5 Å². The summed E-state index contributed by atoms with van der Waals surface area (Å²) in [6.07, 6.45) is 55.6. The molecule has 0 radical (unpaired) electrons. The average Bonchev–Trinajstić information content (AvgIpc) is 3.98. The maximum Gasteiger partial charge on any atom is 0.0894 e. The van der Waals surface area contributed by atoms with Crippen LogP contribution in [-0.2, 0) is 25.9 Å². The Morgan fingerprint density at radius 1 is 0.375 bits per heavy atom. The number of hydrogen-bond acceptors (Lipinski definition) is 6. The van der Waals surface area contributed by atoms with Crippen LogP contribution in [0.4, 0.5) is 0 Å². The van der Waals surface area contributed by atoms with Crippen LogP contribution in [0.2, 0.25) is 0 Å². The van der Waals surface area contributed by atoms with Crippen molar-refractivity contribution in [1.82, 2.24) is 39.8 Å². The van der Waals surface area contributed by atoms with Gasteiger partial charge >= 0.3 is 0 Å². The van der Waals surface area contributed by atoms with Gasteiger partial charge < -0.3 is 9.80 Å². The normalized spacial score (nSPS) is 12.7. The van der Waals surface area contributed by atoms with Gasteiger partial charge in [-0.3, -0.25) is 9.36 Å². The van der Waals surface area contributed by atoms with E-state index >= 15 is 0 Å². The number of aryl methyl sites for hydroxylation is 2. The van der Waals surface area contributed by atoms with E-state index in [9.17, 15) is 0 Å². The molecule has 0 saturated heterocycles. The first kappa shape index (κ1) is 50.2. The fraction of sp³-hybridized carbons (Fsp3) is 0.872. The van der Waals surface area contributed by atoms with Crippen molar-refractivity contribution in [3.05, 3.63) is 36.2 Å². The third kappa shape index (κ3) is 26.9. The smallest absolute Gasteiger partial charge is 0.0894 e. The van der Waals surface area contributed by atoms with E-state index in [-0.39, 0.29) is 17.0 Å². The van der Waals surface area contributed by atoms with Gasteiger partial charge in [-0.1, -0.05) is 217 Å². The summed E-state index contributed by atoms with van der Waals surface area (Å²) in [6, 6.07) is 0. The Morgan fingerprint density at radius 3 is 0.929 bits per heavy atom. The Bertz CT molecular complexity index is 1060. The third-order valence-electron chi connectivity index (χ3n) is 11.8. The molecular formula is C47H89BrN8. The van der Waals surface area contributed by atoms with Crippen LogP contribution in [0, 0.1) is 0 Å². The van der Waals surface area contributed by atoms with Crippen molar-refractivity contribution in [3.63, 3.8) is 0 Å². The second-order valence-electron chi connectivity index (χ2n) is 17.1. The Kier molecular flexibility index (Phi) is 32.5. The standard InChI is InChI=1S/C47H88N8.BrH/c1-3-5-7-9-11-13-15-17-19-21-23-25-27-29-31-33-37-54-43-46(48-50-54)35-39-52-41-42-53(45-52)40-36-47-44-55(51-49-47)38-34-32-30-28-26-24-22-20-18-16-14-12-10-8-6-4-2;/h41-44H,3-40,45H2,1-2H3;1H. The van der Waals surface area contributed by atoms with E-state index in [2.05, 4.69) is 78.4 Å². The fourth-order valence-corrected chi connectivity index (χ4v) is 8.09. The number of rotatable bonds is 40. The average molecular weight is 846 g/mol. The SMILES string of the molecule is Br.CCCCCCCCCCCCCCCCCCn1cc(CCN2C=CN(CCc3cn(CCCCCCCCCCCCCCCCCC)nn3)C2)nn1. The Labute approximate surface area is 356 Å². The highest BCUT2D eigenvalue weighted by molar-refractivity contribution is 8.93. The molecule has 0 N–H and O–H groups in total. The molecule has 1 aliphatic heterocycles. The van der Waals surface area contributed by atoms with Crippen molar-refractivity contribution >= 4 is 17.0 Å². The largest absolute Gasteiger partial charge is 0.358 e. The van der Waals surface area contributed by atoms with Gasteiger partial charge in [-0.05, 0) is 12.8 Å². The van der Waals surface area contributed by atoms with Crippen LogP contribution in [0.25, 0.3) is 0 Å². The molecule has 3 heterocycles. The van der Waals surface area contributed by atoms with E-state index in [4.69, 9.17) is 0 Å². The Hall–Kier alpha value is -1.90. The van der Waals surface area contributed by atoms with Crippen molar-refractivity contribution in [3.8, 4) is 0 Å². The van der Waals surface area contributed by atoms with Crippen LogP contribution < -0.4 is 0 Å². The predicted molar refractivity (Wildman–Crippen MR) is 244 cm³/mol. The summed E-state index contributed by atoms with van der Waals surface area (Å²) < 4.78 is 4.11. The molecule has 0 aliphatic carbocycles. The minimum atomic E-state index is 0. The van der Waals surface area contributed by atoms with E-state index in [1.807, 2.05) is 0 Å².